The first kappa shape index (κ1) is 17.0. The molecule has 0 saturated heterocycles. The second kappa shape index (κ2) is 7.67. The van der Waals surface area contributed by atoms with E-state index in [0.29, 0.717) is 19.0 Å². The zero-order valence-electron chi connectivity index (χ0n) is 13.1. The molecule has 2 amide bonds. The van der Waals surface area contributed by atoms with Crippen LogP contribution in [0.25, 0.3) is 0 Å². The van der Waals surface area contributed by atoms with E-state index in [2.05, 4.69) is 19.2 Å². The molecule has 0 radical (unpaired) electrons. The molecular weight excluding hydrogens is 268 g/mol. The first-order valence-corrected chi connectivity index (χ1v) is 7.18. The van der Waals surface area contributed by atoms with Gasteiger partial charge in [0.15, 0.2) is 0 Å². The van der Waals surface area contributed by atoms with Gasteiger partial charge in [-0.2, -0.15) is 0 Å². The fourth-order valence-electron chi connectivity index (χ4n) is 2.02. The Bertz CT molecular complexity index is 498. The van der Waals surface area contributed by atoms with Gasteiger partial charge in [-0.3, -0.25) is 0 Å². The van der Waals surface area contributed by atoms with Crippen LogP contribution in [-0.4, -0.2) is 34.6 Å². The fraction of sp³-hybridized carbons (Fsp3) is 0.500. The van der Waals surface area contributed by atoms with Crippen molar-refractivity contribution < 1.29 is 14.7 Å². The number of urea groups is 1. The van der Waals surface area contributed by atoms with E-state index < -0.39 is 5.97 Å². The summed E-state index contributed by atoms with van der Waals surface area (Å²) in [5.74, 6) is -0.569. The van der Waals surface area contributed by atoms with Crippen molar-refractivity contribution >= 4 is 12.0 Å². The number of carboxylic acids is 1. The highest BCUT2D eigenvalue weighted by Gasteiger charge is 2.17. The second-order valence-corrected chi connectivity index (χ2v) is 5.80. The van der Waals surface area contributed by atoms with E-state index in [0.717, 1.165) is 5.56 Å². The molecule has 0 atom stereocenters. The number of carboxylic acid groups (broad SMARTS) is 1. The lowest BCUT2D eigenvalue weighted by molar-refractivity contribution is 0.0696. The Kier molecular flexibility index (Phi) is 6.21. The third-order valence-corrected chi connectivity index (χ3v) is 3.06. The van der Waals surface area contributed by atoms with Crippen LogP contribution in [0.15, 0.2) is 24.3 Å². The standard InChI is InChI=1S/C16H24N2O3/c1-11(2)10-18(12(3)4)16(21)17-9-13-6-5-7-14(8-13)15(19)20/h5-8,11-12H,9-10H2,1-4H3,(H,17,21)(H,19,20). The number of carbonyl (C=O) groups is 2. The van der Waals surface area contributed by atoms with Crippen molar-refractivity contribution in [3.8, 4) is 0 Å². The van der Waals surface area contributed by atoms with Crippen LogP contribution in [0.1, 0.15) is 43.6 Å². The van der Waals surface area contributed by atoms with E-state index in [9.17, 15) is 9.59 Å². The molecular formula is C16H24N2O3. The monoisotopic (exact) mass is 292 g/mol. The fourth-order valence-corrected chi connectivity index (χ4v) is 2.02. The molecule has 0 fully saturated rings. The van der Waals surface area contributed by atoms with Gasteiger partial charge in [0.05, 0.1) is 5.56 Å². The lowest BCUT2D eigenvalue weighted by atomic mass is 10.1. The molecule has 0 aromatic heterocycles. The predicted molar refractivity (Wildman–Crippen MR) is 82.3 cm³/mol. The number of aromatic carboxylic acids is 1. The molecule has 2 N–H and O–H groups in total. The van der Waals surface area contributed by atoms with Gasteiger partial charge in [-0.1, -0.05) is 26.0 Å². The minimum Gasteiger partial charge on any atom is -0.478 e. The maximum Gasteiger partial charge on any atom is 0.335 e. The number of hydrogen-bond acceptors (Lipinski definition) is 2. The van der Waals surface area contributed by atoms with Crippen molar-refractivity contribution in [1.29, 1.82) is 0 Å². The number of hydrogen-bond donors (Lipinski definition) is 2. The Morgan fingerprint density at radius 2 is 1.90 bits per heavy atom. The number of nitrogens with zero attached hydrogens (tertiary/aromatic N) is 1. The molecule has 0 saturated carbocycles. The summed E-state index contributed by atoms with van der Waals surface area (Å²) in [6.07, 6.45) is 0. The van der Waals surface area contributed by atoms with Crippen LogP contribution in [0.2, 0.25) is 0 Å². The zero-order chi connectivity index (χ0) is 16.0. The van der Waals surface area contributed by atoms with E-state index in [-0.39, 0.29) is 17.6 Å². The first-order valence-electron chi connectivity index (χ1n) is 7.18. The second-order valence-electron chi connectivity index (χ2n) is 5.80. The summed E-state index contributed by atoms with van der Waals surface area (Å²) in [6.45, 7) is 9.11. The van der Waals surface area contributed by atoms with E-state index in [4.69, 9.17) is 5.11 Å². The quantitative estimate of drug-likeness (QED) is 0.847. The molecule has 0 bridgehead atoms. The molecule has 21 heavy (non-hydrogen) atoms. The zero-order valence-corrected chi connectivity index (χ0v) is 13.1. The highest BCUT2D eigenvalue weighted by atomic mass is 16.4. The van der Waals surface area contributed by atoms with E-state index in [1.165, 1.54) is 6.07 Å². The van der Waals surface area contributed by atoms with E-state index >= 15 is 0 Å². The van der Waals surface area contributed by atoms with Crippen LogP contribution >= 0.6 is 0 Å². The lowest BCUT2D eigenvalue weighted by Gasteiger charge is -2.28. The minimum atomic E-state index is -0.966. The van der Waals surface area contributed by atoms with E-state index in [1.54, 1.807) is 23.1 Å². The Morgan fingerprint density at radius 1 is 1.24 bits per heavy atom. The number of carbonyl (C=O) groups excluding carboxylic acids is 1. The van der Waals surface area contributed by atoms with Gasteiger partial charge in [0.1, 0.15) is 0 Å². The van der Waals surface area contributed by atoms with Crippen LogP contribution in [0.5, 0.6) is 0 Å². The van der Waals surface area contributed by atoms with Gasteiger partial charge in [-0.15, -0.1) is 0 Å². The van der Waals surface area contributed by atoms with Crippen molar-refractivity contribution in [2.75, 3.05) is 6.54 Å². The van der Waals surface area contributed by atoms with Crippen LogP contribution < -0.4 is 5.32 Å². The Labute approximate surface area is 126 Å². The highest BCUT2D eigenvalue weighted by Crippen LogP contribution is 2.07. The van der Waals surface area contributed by atoms with Crippen molar-refractivity contribution in [2.24, 2.45) is 5.92 Å². The van der Waals surface area contributed by atoms with Gasteiger partial charge in [-0.05, 0) is 37.5 Å². The molecule has 1 aromatic rings. The predicted octanol–water partition coefficient (Wildman–Crippen LogP) is 2.96. The number of rotatable bonds is 6. The maximum absolute atomic E-state index is 12.2. The topological polar surface area (TPSA) is 69.6 Å². The van der Waals surface area contributed by atoms with Gasteiger partial charge >= 0.3 is 12.0 Å². The molecule has 1 rings (SSSR count). The van der Waals surface area contributed by atoms with Crippen molar-refractivity contribution in [3.63, 3.8) is 0 Å². The third-order valence-electron chi connectivity index (χ3n) is 3.06. The molecule has 0 aliphatic heterocycles. The molecule has 5 nitrogen and oxygen atoms in total. The van der Waals surface area contributed by atoms with Crippen LogP contribution in [0.3, 0.4) is 0 Å². The number of nitrogens with one attached hydrogen (secondary N) is 1. The summed E-state index contributed by atoms with van der Waals surface area (Å²) in [4.78, 5) is 24.9. The normalized spacial score (nSPS) is 10.8. The molecule has 116 valence electrons. The molecule has 0 aliphatic rings. The Balaban J connectivity index is 2.66. The molecule has 0 spiro atoms. The van der Waals surface area contributed by atoms with Crippen molar-refractivity contribution in [2.45, 2.75) is 40.3 Å². The van der Waals surface area contributed by atoms with Gasteiger partial charge < -0.3 is 15.3 Å². The van der Waals surface area contributed by atoms with Crippen molar-refractivity contribution in [3.05, 3.63) is 35.4 Å². The van der Waals surface area contributed by atoms with Gasteiger partial charge in [0, 0.05) is 19.1 Å². The molecule has 0 heterocycles. The lowest BCUT2D eigenvalue weighted by Crippen LogP contribution is -2.45. The molecule has 0 aliphatic carbocycles. The summed E-state index contributed by atoms with van der Waals surface area (Å²) in [6, 6.07) is 6.59. The van der Waals surface area contributed by atoms with Gasteiger partial charge in [0.25, 0.3) is 0 Å². The Hall–Kier alpha value is -2.04. The molecule has 0 unspecified atom stereocenters. The average molecular weight is 292 g/mol. The van der Waals surface area contributed by atoms with Crippen LogP contribution in [0.4, 0.5) is 4.79 Å². The first-order chi connectivity index (χ1) is 9.81. The summed E-state index contributed by atoms with van der Waals surface area (Å²) >= 11 is 0. The smallest absolute Gasteiger partial charge is 0.335 e. The summed E-state index contributed by atoms with van der Waals surface area (Å²) in [7, 11) is 0. The summed E-state index contributed by atoms with van der Waals surface area (Å²) in [5.41, 5.74) is 1.00. The maximum atomic E-state index is 12.2. The largest absolute Gasteiger partial charge is 0.478 e. The number of amides is 2. The summed E-state index contributed by atoms with van der Waals surface area (Å²) in [5, 5.41) is 11.8. The Morgan fingerprint density at radius 3 is 2.43 bits per heavy atom. The van der Waals surface area contributed by atoms with Crippen LogP contribution in [0, 0.1) is 5.92 Å². The van der Waals surface area contributed by atoms with E-state index in [1.807, 2.05) is 13.8 Å². The van der Waals surface area contributed by atoms with Gasteiger partial charge in [-0.25, -0.2) is 9.59 Å². The van der Waals surface area contributed by atoms with Crippen molar-refractivity contribution in [1.82, 2.24) is 10.2 Å². The molecule has 5 heteroatoms. The highest BCUT2D eigenvalue weighted by molar-refractivity contribution is 5.87. The third kappa shape index (κ3) is 5.45. The number of benzene rings is 1. The SMILES string of the molecule is CC(C)CN(C(=O)NCc1cccc(C(=O)O)c1)C(C)C. The average Bonchev–Trinajstić information content (AvgIpc) is 2.42. The van der Waals surface area contributed by atoms with Crippen LogP contribution in [-0.2, 0) is 6.54 Å². The minimum absolute atomic E-state index is 0.123. The molecule has 1 aromatic carbocycles. The van der Waals surface area contributed by atoms with Gasteiger partial charge in [0.2, 0.25) is 0 Å². The summed E-state index contributed by atoms with van der Waals surface area (Å²) < 4.78 is 0.